The van der Waals surface area contributed by atoms with E-state index in [-0.39, 0.29) is 23.4 Å². The van der Waals surface area contributed by atoms with Crippen molar-refractivity contribution in [2.24, 2.45) is 0 Å². The van der Waals surface area contributed by atoms with Crippen molar-refractivity contribution in [2.75, 3.05) is 11.9 Å². The zero-order valence-corrected chi connectivity index (χ0v) is 15.2. The molecule has 1 heterocycles. The van der Waals surface area contributed by atoms with E-state index in [9.17, 15) is 13.2 Å². The second-order valence-electron chi connectivity index (χ2n) is 5.80. The molecule has 1 aromatic heterocycles. The number of rotatable bonds is 6. The van der Waals surface area contributed by atoms with Crippen LogP contribution in [0.1, 0.15) is 23.4 Å². The van der Waals surface area contributed by atoms with E-state index in [0.717, 1.165) is 23.4 Å². The number of nitrogens with zero attached hydrogens (tertiary/aromatic N) is 2. The first-order chi connectivity index (χ1) is 11.4. The van der Waals surface area contributed by atoms with Gasteiger partial charge in [-0.1, -0.05) is 18.2 Å². The van der Waals surface area contributed by atoms with Crippen LogP contribution in [0.5, 0.6) is 0 Å². The Kier molecular flexibility index (Phi) is 4.71. The van der Waals surface area contributed by atoms with Gasteiger partial charge in [-0.25, -0.2) is 13.4 Å². The van der Waals surface area contributed by atoms with Crippen molar-refractivity contribution in [3.63, 3.8) is 0 Å². The van der Waals surface area contributed by atoms with Crippen molar-refractivity contribution in [1.29, 1.82) is 0 Å². The first-order valence-corrected chi connectivity index (χ1v) is 9.94. The monoisotopic (exact) mass is 365 g/mol. The minimum Gasteiger partial charge on any atom is -0.301 e. The van der Waals surface area contributed by atoms with E-state index in [4.69, 9.17) is 0 Å². The van der Waals surface area contributed by atoms with E-state index >= 15 is 0 Å². The summed E-state index contributed by atoms with van der Waals surface area (Å²) in [6, 6.07) is 8.13. The molecule has 2 aromatic rings. The molecule has 0 aliphatic heterocycles. The lowest BCUT2D eigenvalue weighted by Crippen LogP contribution is -2.39. The lowest BCUT2D eigenvalue weighted by atomic mass is 10.4. The molecule has 1 N–H and O–H groups in total. The largest absolute Gasteiger partial charge is 0.301 e. The van der Waals surface area contributed by atoms with Crippen LogP contribution in [-0.4, -0.2) is 36.2 Å². The van der Waals surface area contributed by atoms with Gasteiger partial charge in [-0.15, -0.1) is 11.3 Å². The summed E-state index contributed by atoms with van der Waals surface area (Å²) < 4.78 is 26.9. The molecule has 3 rings (SSSR count). The summed E-state index contributed by atoms with van der Waals surface area (Å²) in [6.45, 7) is 3.61. The molecule has 128 valence electrons. The summed E-state index contributed by atoms with van der Waals surface area (Å²) in [6.07, 6.45) is 1.57. The number of carbonyl (C=O) groups excluding carboxylic acids is 1. The van der Waals surface area contributed by atoms with Gasteiger partial charge in [0.05, 0.1) is 17.1 Å². The topological polar surface area (TPSA) is 79.4 Å². The Morgan fingerprint density at radius 3 is 2.50 bits per heavy atom. The van der Waals surface area contributed by atoms with E-state index < -0.39 is 10.0 Å². The maximum absolute atomic E-state index is 12.8. The lowest BCUT2D eigenvalue weighted by molar-refractivity contribution is -0.116. The molecule has 0 bridgehead atoms. The second kappa shape index (κ2) is 6.62. The van der Waals surface area contributed by atoms with Crippen molar-refractivity contribution in [2.45, 2.75) is 37.6 Å². The fraction of sp³-hybridized carbons (Fsp3) is 0.375. The Bertz CT molecular complexity index is 823. The van der Waals surface area contributed by atoms with Gasteiger partial charge in [0.1, 0.15) is 0 Å². The molecule has 1 fully saturated rings. The molecular weight excluding hydrogens is 346 g/mol. The number of amides is 1. The number of benzene rings is 1. The summed E-state index contributed by atoms with van der Waals surface area (Å²) in [4.78, 5) is 17.8. The zero-order chi connectivity index (χ0) is 17.3. The van der Waals surface area contributed by atoms with Gasteiger partial charge in [-0.05, 0) is 38.8 Å². The number of sulfonamides is 1. The molecular formula is C16H19N3O3S2. The summed E-state index contributed by atoms with van der Waals surface area (Å²) in [5.41, 5.74) is 0.867. The predicted octanol–water partition coefficient (Wildman–Crippen LogP) is 2.55. The third kappa shape index (κ3) is 3.66. The lowest BCUT2D eigenvalue weighted by Gasteiger charge is -2.21. The summed E-state index contributed by atoms with van der Waals surface area (Å²) >= 11 is 1.39. The Morgan fingerprint density at radius 2 is 1.96 bits per heavy atom. The minimum atomic E-state index is -3.67. The fourth-order valence-electron chi connectivity index (χ4n) is 2.33. The summed E-state index contributed by atoms with van der Waals surface area (Å²) in [7, 11) is -3.67. The third-order valence-electron chi connectivity index (χ3n) is 3.88. The van der Waals surface area contributed by atoms with Crippen LogP contribution in [0.3, 0.4) is 0 Å². The van der Waals surface area contributed by atoms with Crippen LogP contribution in [0.15, 0.2) is 35.2 Å². The fourth-order valence-corrected chi connectivity index (χ4v) is 4.82. The standard InChI is InChI=1S/C16H19N3O3S2/c1-11-12(2)23-16(17-11)18-15(20)10-19(13-8-9-13)24(21,22)14-6-4-3-5-7-14/h3-7,13H,8-10H2,1-2H3,(H,17,18,20). The van der Waals surface area contributed by atoms with Crippen LogP contribution >= 0.6 is 11.3 Å². The Balaban J connectivity index is 1.76. The van der Waals surface area contributed by atoms with Gasteiger partial charge in [0.15, 0.2) is 5.13 Å². The first-order valence-electron chi connectivity index (χ1n) is 7.68. The van der Waals surface area contributed by atoms with Crippen molar-refractivity contribution in [3.05, 3.63) is 40.9 Å². The van der Waals surface area contributed by atoms with Crippen LogP contribution in [0.2, 0.25) is 0 Å². The number of hydrogen-bond donors (Lipinski definition) is 1. The number of hydrogen-bond acceptors (Lipinski definition) is 5. The average Bonchev–Trinajstić information content (AvgIpc) is 3.32. The van der Waals surface area contributed by atoms with E-state index in [2.05, 4.69) is 10.3 Å². The van der Waals surface area contributed by atoms with Gasteiger partial charge in [0.25, 0.3) is 0 Å². The highest BCUT2D eigenvalue weighted by molar-refractivity contribution is 7.89. The number of aryl methyl sites for hydroxylation is 2. The zero-order valence-electron chi connectivity index (χ0n) is 13.5. The number of thiazole rings is 1. The van der Waals surface area contributed by atoms with Crippen molar-refractivity contribution in [1.82, 2.24) is 9.29 Å². The number of aromatic nitrogens is 1. The van der Waals surface area contributed by atoms with Crippen LogP contribution in [0.4, 0.5) is 5.13 Å². The molecule has 0 radical (unpaired) electrons. The van der Waals surface area contributed by atoms with E-state index in [1.54, 1.807) is 30.3 Å². The van der Waals surface area contributed by atoms with Crippen molar-refractivity contribution in [3.8, 4) is 0 Å². The van der Waals surface area contributed by atoms with Gasteiger partial charge >= 0.3 is 0 Å². The third-order valence-corrected chi connectivity index (χ3v) is 6.78. The quantitative estimate of drug-likeness (QED) is 0.853. The smallest absolute Gasteiger partial charge is 0.243 e. The minimum absolute atomic E-state index is 0.0966. The SMILES string of the molecule is Cc1nc(NC(=O)CN(C2CC2)S(=O)(=O)c2ccccc2)sc1C. The van der Waals surface area contributed by atoms with Gasteiger partial charge in [-0.2, -0.15) is 4.31 Å². The van der Waals surface area contributed by atoms with E-state index in [1.165, 1.54) is 15.6 Å². The molecule has 1 saturated carbocycles. The van der Waals surface area contributed by atoms with Gasteiger partial charge in [0.2, 0.25) is 15.9 Å². The van der Waals surface area contributed by atoms with E-state index in [0.29, 0.717) is 5.13 Å². The molecule has 1 aliphatic carbocycles. The van der Waals surface area contributed by atoms with Crippen molar-refractivity contribution < 1.29 is 13.2 Å². The molecule has 0 unspecified atom stereocenters. The van der Waals surface area contributed by atoms with Crippen LogP contribution in [0, 0.1) is 13.8 Å². The first kappa shape index (κ1) is 17.1. The van der Waals surface area contributed by atoms with Crippen LogP contribution in [0.25, 0.3) is 0 Å². The number of nitrogens with one attached hydrogen (secondary N) is 1. The average molecular weight is 365 g/mol. The molecule has 0 saturated heterocycles. The molecule has 1 amide bonds. The summed E-state index contributed by atoms with van der Waals surface area (Å²) in [5, 5.41) is 3.21. The highest BCUT2D eigenvalue weighted by Gasteiger charge is 2.39. The molecule has 6 nitrogen and oxygen atoms in total. The highest BCUT2D eigenvalue weighted by atomic mass is 32.2. The van der Waals surface area contributed by atoms with Gasteiger partial charge in [0, 0.05) is 10.9 Å². The summed E-state index contributed by atoms with van der Waals surface area (Å²) in [5.74, 6) is -0.366. The molecule has 24 heavy (non-hydrogen) atoms. The molecule has 0 atom stereocenters. The Labute approximate surface area is 145 Å². The van der Waals surface area contributed by atoms with Crippen LogP contribution in [-0.2, 0) is 14.8 Å². The second-order valence-corrected chi connectivity index (χ2v) is 8.90. The number of carbonyl (C=O) groups is 1. The molecule has 0 spiro atoms. The van der Waals surface area contributed by atoms with Crippen molar-refractivity contribution >= 4 is 32.4 Å². The Morgan fingerprint density at radius 1 is 1.29 bits per heavy atom. The maximum Gasteiger partial charge on any atom is 0.243 e. The molecule has 1 aromatic carbocycles. The molecule has 1 aliphatic rings. The van der Waals surface area contributed by atoms with Gasteiger partial charge < -0.3 is 5.32 Å². The maximum atomic E-state index is 12.8. The number of anilines is 1. The molecule has 8 heteroatoms. The predicted molar refractivity (Wildman–Crippen MR) is 93.6 cm³/mol. The Hall–Kier alpha value is -1.77. The highest BCUT2D eigenvalue weighted by Crippen LogP contribution is 2.32. The van der Waals surface area contributed by atoms with Gasteiger partial charge in [-0.3, -0.25) is 4.79 Å². The van der Waals surface area contributed by atoms with E-state index in [1.807, 2.05) is 13.8 Å². The van der Waals surface area contributed by atoms with Crippen LogP contribution < -0.4 is 5.32 Å². The normalized spacial score (nSPS) is 14.8.